The van der Waals surface area contributed by atoms with Crippen molar-refractivity contribution in [2.75, 3.05) is 26.7 Å². The zero-order valence-electron chi connectivity index (χ0n) is 9.98. The number of likely N-dealkylation sites (tertiary alicyclic amines) is 1. The topological polar surface area (TPSA) is 75.7 Å². The van der Waals surface area contributed by atoms with Crippen LogP contribution in [-0.2, 0) is 14.3 Å². The van der Waals surface area contributed by atoms with Gasteiger partial charge < -0.3 is 19.7 Å². The molecule has 0 aliphatic carbocycles. The highest BCUT2D eigenvalue weighted by molar-refractivity contribution is 5.77. The van der Waals surface area contributed by atoms with E-state index >= 15 is 0 Å². The number of hydrogen-bond donors (Lipinski definition) is 1. The molecule has 0 spiro atoms. The van der Waals surface area contributed by atoms with Crippen molar-refractivity contribution in [2.45, 2.75) is 19.3 Å². The van der Waals surface area contributed by atoms with E-state index in [1.165, 1.54) is 7.11 Å². The van der Waals surface area contributed by atoms with Gasteiger partial charge in [-0.15, -0.1) is 0 Å². The molecule has 1 saturated heterocycles. The molecule has 0 radical (unpaired) electrons. The van der Waals surface area contributed by atoms with E-state index in [0.717, 1.165) is 19.1 Å². The molecule has 17 heavy (non-hydrogen) atoms. The second-order valence-corrected chi connectivity index (χ2v) is 4.02. The van der Waals surface area contributed by atoms with Crippen molar-refractivity contribution in [1.29, 1.82) is 0 Å². The van der Waals surface area contributed by atoms with Crippen LogP contribution in [0.4, 0.5) is 4.79 Å². The van der Waals surface area contributed by atoms with E-state index in [9.17, 15) is 14.4 Å². The number of nitrogens with one attached hydrogen (secondary N) is 1. The van der Waals surface area contributed by atoms with E-state index < -0.39 is 6.09 Å². The molecular weight excluding hydrogens is 224 g/mol. The quantitative estimate of drug-likeness (QED) is 0.713. The van der Waals surface area contributed by atoms with Crippen molar-refractivity contribution in [2.24, 2.45) is 5.92 Å². The van der Waals surface area contributed by atoms with Crippen molar-refractivity contribution in [3.05, 3.63) is 0 Å². The molecule has 0 bridgehead atoms. The molecule has 6 nitrogen and oxygen atoms in total. The highest BCUT2D eigenvalue weighted by atomic mass is 16.5. The fraction of sp³-hybridized carbons (Fsp3) is 0.727. The number of carbonyl (C=O) groups excluding carboxylic acids is 3. The van der Waals surface area contributed by atoms with Crippen LogP contribution in [-0.4, -0.2) is 49.9 Å². The fourth-order valence-corrected chi connectivity index (χ4v) is 1.79. The normalized spacial score (nSPS) is 16.4. The number of hydrogen-bond acceptors (Lipinski definition) is 4. The van der Waals surface area contributed by atoms with Gasteiger partial charge >= 0.3 is 6.09 Å². The Morgan fingerprint density at radius 1 is 1.41 bits per heavy atom. The minimum absolute atomic E-state index is 0.00533. The average Bonchev–Trinajstić information content (AvgIpc) is 2.38. The number of aldehydes is 1. The van der Waals surface area contributed by atoms with Gasteiger partial charge in [-0.1, -0.05) is 0 Å². The van der Waals surface area contributed by atoms with Crippen LogP contribution in [0.3, 0.4) is 0 Å². The van der Waals surface area contributed by atoms with Crippen LogP contribution in [0.25, 0.3) is 0 Å². The Hall–Kier alpha value is -1.59. The molecule has 0 aromatic rings. The fourth-order valence-electron chi connectivity index (χ4n) is 1.79. The lowest BCUT2D eigenvalue weighted by Gasteiger charge is -2.29. The van der Waals surface area contributed by atoms with Crippen LogP contribution in [0.1, 0.15) is 19.3 Å². The van der Waals surface area contributed by atoms with E-state index in [1.54, 1.807) is 4.90 Å². The number of amides is 2. The Labute approximate surface area is 100 Å². The SMILES string of the molecule is COC(=O)NCCC(=O)N1CCC(C=O)CC1. The van der Waals surface area contributed by atoms with Gasteiger partial charge in [-0.25, -0.2) is 4.79 Å². The number of nitrogens with zero attached hydrogens (tertiary/aromatic N) is 1. The molecule has 0 aromatic carbocycles. The van der Waals surface area contributed by atoms with Crippen molar-refractivity contribution in [3.8, 4) is 0 Å². The summed E-state index contributed by atoms with van der Waals surface area (Å²) >= 11 is 0. The van der Waals surface area contributed by atoms with E-state index in [4.69, 9.17) is 0 Å². The van der Waals surface area contributed by atoms with E-state index in [-0.39, 0.29) is 24.8 Å². The Morgan fingerprint density at radius 2 is 2.06 bits per heavy atom. The minimum atomic E-state index is -0.530. The van der Waals surface area contributed by atoms with Crippen molar-refractivity contribution < 1.29 is 19.1 Å². The van der Waals surface area contributed by atoms with Gasteiger partial charge in [0.15, 0.2) is 0 Å². The molecule has 1 N–H and O–H groups in total. The largest absolute Gasteiger partial charge is 0.453 e. The van der Waals surface area contributed by atoms with Crippen LogP contribution in [0.2, 0.25) is 0 Å². The molecule has 0 unspecified atom stereocenters. The maximum atomic E-state index is 11.7. The van der Waals surface area contributed by atoms with Crippen molar-refractivity contribution in [1.82, 2.24) is 10.2 Å². The van der Waals surface area contributed by atoms with Gasteiger partial charge in [-0.3, -0.25) is 4.79 Å². The zero-order chi connectivity index (χ0) is 12.7. The number of carbonyl (C=O) groups is 3. The third kappa shape index (κ3) is 4.42. The van der Waals surface area contributed by atoms with Gasteiger partial charge in [-0.05, 0) is 12.8 Å². The summed E-state index contributed by atoms with van der Waals surface area (Å²) in [6.07, 6.45) is 2.17. The zero-order valence-corrected chi connectivity index (χ0v) is 9.98. The first-order chi connectivity index (χ1) is 8.17. The maximum absolute atomic E-state index is 11.7. The second kappa shape index (κ2) is 6.88. The molecule has 2 amide bonds. The van der Waals surface area contributed by atoms with Gasteiger partial charge in [0, 0.05) is 32.0 Å². The van der Waals surface area contributed by atoms with Crippen LogP contribution >= 0.6 is 0 Å². The first-order valence-corrected chi connectivity index (χ1v) is 5.72. The van der Waals surface area contributed by atoms with Crippen molar-refractivity contribution >= 4 is 18.3 Å². The summed E-state index contributed by atoms with van der Waals surface area (Å²) in [7, 11) is 1.28. The van der Waals surface area contributed by atoms with Gasteiger partial charge in [-0.2, -0.15) is 0 Å². The summed E-state index contributed by atoms with van der Waals surface area (Å²) < 4.78 is 4.39. The molecule has 1 heterocycles. The Bertz CT molecular complexity index is 285. The number of ether oxygens (including phenoxy) is 1. The Morgan fingerprint density at radius 3 is 2.59 bits per heavy atom. The highest BCUT2D eigenvalue weighted by Gasteiger charge is 2.21. The molecule has 1 fully saturated rings. The predicted molar refractivity (Wildman–Crippen MR) is 60.4 cm³/mol. The van der Waals surface area contributed by atoms with Gasteiger partial charge in [0.2, 0.25) is 5.91 Å². The van der Waals surface area contributed by atoms with E-state index in [0.29, 0.717) is 13.1 Å². The molecule has 1 aliphatic rings. The first kappa shape index (κ1) is 13.5. The summed E-state index contributed by atoms with van der Waals surface area (Å²) in [5, 5.41) is 2.46. The summed E-state index contributed by atoms with van der Waals surface area (Å²) in [6, 6.07) is 0. The highest BCUT2D eigenvalue weighted by Crippen LogP contribution is 2.15. The minimum Gasteiger partial charge on any atom is -0.453 e. The Kier molecular flexibility index (Phi) is 5.45. The van der Waals surface area contributed by atoms with Crippen LogP contribution in [0.15, 0.2) is 0 Å². The smallest absolute Gasteiger partial charge is 0.406 e. The summed E-state index contributed by atoms with van der Waals surface area (Å²) in [5.41, 5.74) is 0. The number of methoxy groups -OCH3 is 1. The average molecular weight is 242 g/mol. The lowest BCUT2D eigenvalue weighted by molar-refractivity contribution is -0.133. The monoisotopic (exact) mass is 242 g/mol. The molecule has 6 heteroatoms. The number of rotatable bonds is 4. The lowest BCUT2D eigenvalue weighted by Crippen LogP contribution is -2.40. The summed E-state index contributed by atoms with van der Waals surface area (Å²) in [4.78, 5) is 34.7. The predicted octanol–water partition coefficient (Wildman–Crippen LogP) is 0.170. The molecule has 0 aromatic heterocycles. The van der Waals surface area contributed by atoms with Crippen LogP contribution < -0.4 is 5.32 Å². The molecule has 0 saturated carbocycles. The van der Waals surface area contributed by atoms with Gasteiger partial charge in [0.05, 0.1) is 7.11 Å². The molecule has 0 atom stereocenters. The standard InChI is InChI=1S/C11H18N2O4/c1-17-11(16)12-5-2-10(15)13-6-3-9(8-14)4-7-13/h8-9H,2-7H2,1H3,(H,12,16). The number of alkyl carbamates (subject to hydrolysis) is 1. The maximum Gasteiger partial charge on any atom is 0.406 e. The molecule has 96 valence electrons. The van der Waals surface area contributed by atoms with Gasteiger partial charge in [0.1, 0.15) is 6.29 Å². The summed E-state index contributed by atoms with van der Waals surface area (Å²) in [5.74, 6) is 0.0954. The molecular formula is C11H18N2O4. The van der Waals surface area contributed by atoms with Crippen LogP contribution in [0, 0.1) is 5.92 Å². The number of piperidine rings is 1. The third-order valence-corrected chi connectivity index (χ3v) is 2.88. The second-order valence-electron chi connectivity index (χ2n) is 4.02. The van der Waals surface area contributed by atoms with Gasteiger partial charge in [0.25, 0.3) is 0 Å². The first-order valence-electron chi connectivity index (χ1n) is 5.72. The van der Waals surface area contributed by atoms with Crippen LogP contribution in [0.5, 0.6) is 0 Å². The van der Waals surface area contributed by atoms with E-state index in [1.807, 2.05) is 0 Å². The molecule has 1 aliphatic heterocycles. The third-order valence-electron chi connectivity index (χ3n) is 2.88. The van der Waals surface area contributed by atoms with Crippen molar-refractivity contribution in [3.63, 3.8) is 0 Å². The van der Waals surface area contributed by atoms with E-state index in [2.05, 4.69) is 10.1 Å². The Balaban J connectivity index is 2.20. The molecule has 1 rings (SSSR count). The lowest BCUT2D eigenvalue weighted by atomic mass is 9.98. The summed E-state index contributed by atoms with van der Waals surface area (Å²) in [6.45, 7) is 1.53.